The number of thiol groups is 1. The number of halogens is 1. The van der Waals surface area contributed by atoms with Crippen molar-refractivity contribution in [3.63, 3.8) is 0 Å². The summed E-state index contributed by atoms with van der Waals surface area (Å²) in [5.41, 5.74) is 0.925. The van der Waals surface area contributed by atoms with Gasteiger partial charge in [0.05, 0.1) is 0 Å². The molecule has 0 saturated carbocycles. The van der Waals surface area contributed by atoms with Crippen LogP contribution in [-0.4, -0.2) is 25.4 Å². The fourth-order valence-electron chi connectivity index (χ4n) is 1.59. The molecule has 1 aromatic rings. The second-order valence-corrected chi connectivity index (χ2v) is 11.2. The Labute approximate surface area is 121 Å². The van der Waals surface area contributed by atoms with Gasteiger partial charge in [-0.25, -0.2) is 0 Å². The number of benzene rings is 1. The number of nitrogens with zero attached hydrogens (tertiary/aromatic N) is 1. The van der Waals surface area contributed by atoms with Gasteiger partial charge in [0.2, 0.25) is 0 Å². The summed E-state index contributed by atoms with van der Waals surface area (Å²) in [7, 11) is -1.52. The molecule has 6 heteroatoms. The Kier molecular flexibility index (Phi) is 6.50. The molecule has 0 bridgehead atoms. The van der Waals surface area contributed by atoms with Crippen LogP contribution in [0.4, 0.5) is 0 Å². The van der Waals surface area contributed by atoms with Crippen LogP contribution >= 0.6 is 32.4 Å². The normalized spacial score (nSPS) is 12.8. The molecule has 1 rings (SSSR count). The molecule has 0 aliphatic rings. The predicted molar refractivity (Wildman–Crippen MR) is 87.3 cm³/mol. The van der Waals surface area contributed by atoms with Crippen LogP contribution in [0, 0.1) is 14.9 Å². The van der Waals surface area contributed by atoms with Crippen LogP contribution in [0.5, 0.6) is 0 Å². The van der Waals surface area contributed by atoms with Crippen LogP contribution in [0.25, 0.3) is 0 Å². The van der Waals surface area contributed by atoms with E-state index in [4.69, 9.17) is 10.0 Å². The molecule has 0 aromatic heterocycles. The molecule has 1 unspecified atom stereocenters. The molecular formula is C12H17BINO2S. The summed E-state index contributed by atoms with van der Waals surface area (Å²) in [5, 5.41) is 27.4. The van der Waals surface area contributed by atoms with Gasteiger partial charge < -0.3 is 0 Å². The zero-order chi connectivity index (χ0) is 13.7. The quantitative estimate of drug-likeness (QED) is 0.316. The van der Waals surface area contributed by atoms with Crippen molar-refractivity contribution in [1.29, 1.82) is 5.26 Å². The van der Waals surface area contributed by atoms with E-state index < -0.39 is 26.9 Å². The topological polar surface area (TPSA) is 64.2 Å². The molecule has 0 heterocycles. The monoisotopic (exact) mass is 377 g/mol. The molecule has 1 aromatic carbocycles. The van der Waals surface area contributed by atoms with Crippen molar-refractivity contribution in [3.8, 4) is 6.07 Å². The van der Waals surface area contributed by atoms with E-state index in [0.717, 1.165) is 16.4 Å². The number of rotatable bonds is 5. The van der Waals surface area contributed by atoms with Crippen LogP contribution in [0.3, 0.4) is 0 Å². The third kappa shape index (κ3) is 3.88. The van der Waals surface area contributed by atoms with Gasteiger partial charge in [-0.2, -0.15) is 0 Å². The van der Waals surface area contributed by atoms with Crippen molar-refractivity contribution in [2.24, 2.45) is 0 Å². The van der Waals surface area contributed by atoms with E-state index in [-0.39, 0.29) is 0 Å². The maximum absolute atomic E-state index is 9.17. The van der Waals surface area contributed by atoms with Crippen LogP contribution < -0.4 is 5.46 Å². The number of hydrogen-bond donors (Lipinski definition) is 3. The van der Waals surface area contributed by atoms with Crippen LogP contribution in [0.1, 0.15) is 25.3 Å². The Morgan fingerprint density at radius 3 is 2.67 bits per heavy atom. The molecule has 0 spiro atoms. The van der Waals surface area contributed by atoms with Crippen LogP contribution in [0.15, 0.2) is 18.2 Å². The van der Waals surface area contributed by atoms with Crippen molar-refractivity contribution >= 4 is 45.0 Å². The molecule has 0 radical (unpaired) electrons. The Morgan fingerprint density at radius 1 is 1.50 bits per heavy atom. The molecule has 0 aliphatic carbocycles. The molecule has 3 nitrogen and oxygen atoms in total. The van der Waals surface area contributed by atoms with Crippen molar-refractivity contribution in [1.82, 2.24) is 0 Å². The van der Waals surface area contributed by atoms with Gasteiger partial charge in [-0.05, 0) is 0 Å². The van der Waals surface area contributed by atoms with Crippen LogP contribution in [-0.2, 0) is 0 Å². The van der Waals surface area contributed by atoms with Crippen molar-refractivity contribution < 1.29 is 10.0 Å². The number of hydrogen-bond acceptors (Lipinski definition) is 4. The fourth-order valence-corrected chi connectivity index (χ4v) is 6.82. The second kappa shape index (κ2) is 7.39. The van der Waals surface area contributed by atoms with E-state index in [9.17, 15) is 5.26 Å². The third-order valence-corrected chi connectivity index (χ3v) is 10.4. The first kappa shape index (κ1) is 15.8. The van der Waals surface area contributed by atoms with E-state index in [1.165, 1.54) is 0 Å². The van der Waals surface area contributed by atoms with Gasteiger partial charge in [-0.3, -0.25) is 0 Å². The van der Waals surface area contributed by atoms with E-state index in [1.54, 1.807) is 12.1 Å². The fraction of sp³-hybridized carbons (Fsp3) is 0.417. The summed E-state index contributed by atoms with van der Waals surface area (Å²) in [6.45, 7) is 2.13. The van der Waals surface area contributed by atoms with Gasteiger partial charge in [0.1, 0.15) is 0 Å². The summed E-state index contributed by atoms with van der Waals surface area (Å²) in [5.74, 6) is 0. The zero-order valence-corrected chi connectivity index (χ0v) is 13.5. The number of alkyl halides is 2. The molecule has 0 saturated heterocycles. The van der Waals surface area contributed by atoms with E-state index >= 15 is 0 Å². The molecule has 18 heavy (non-hydrogen) atoms. The average molecular weight is 377 g/mol. The Bertz CT molecular complexity index is 450. The van der Waals surface area contributed by atoms with Gasteiger partial charge >= 0.3 is 122 Å². The van der Waals surface area contributed by atoms with Crippen LogP contribution in [0.2, 0.25) is 0 Å². The van der Waals surface area contributed by atoms with Crippen molar-refractivity contribution in [2.75, 3.05) is 4.93 Å². The van der Waals surface area contributed by atoms with Crippen molar-refractivity contribution in [3.05, 3.63) is 27.3 Å². The summed E-state index contributed by atoms with van der Waals surface area (Å²) < 4.78 is 1.43. The Morgan fingerprint density at radius 2 is 2.17 bits per heavy atom. The van der Waals surface area contributed by atoms with Gasteiger partial charge in [0.25, 0.3) is 0 Å². The molecule has 0 fully saturated rings. The van der Waals surface area contributed by atoms with Gasteiger partial charge in [0.15, 0.2) is 0 Å². The second-order valence-electron chi connectivity index (χ2n) is 3.96. The predicted octanol–water partition coefficient (Wildman–Crippen LogP) is 1.60. The van der Waals surface area contributed by atoms with E-state index in [2.05, 4.69) is 30.6 Å². The molecule has 0 aliphatic heterocycles. The summed E-state index contributed by atoms with van der Waals surface area (Å²) in [4.78, 5) is 2.20. The van der Waals surface area contributed by atoms with E-state index in [1.807, 2.05) is 6.07 Å². The Hall–Kier alpha value is -0.225. The summed E-state index contributed by atoms with van der Waals surface area (Å²) >= 11 is 3.14. The van der Waals surface area contributed by atoms with Gasteiger partial charge in [-0.15, -0.1) is 0 Å². The molecule has 0 amide bonds. The average Bonchev–Trinajstić information content (AvgIpc) is 2.37. The standard InChI is InChI=1S/C12H17BINO2S/c1-3-4-12(18)14(2)11-6-5-10(13(16)17)7-9(11)8-15/h5-7,12,16-18H,3-4H2,1-2H3. The maximum atomic E-state index is 9.17. The number of nitriles is 1. The first-order valence-corrected chi connectivity index (χ1v) is 10.7. The van der Waals surface area contributed by atoms with Gasteiger partial charge in [-0.1, -0.05) is 0 Å². The Balaban J connectivity index is 3.06. The molecule has 98 valence electrons. The molecule has 2 N–H and O–H groups in total. The first-order valence-electron chi connectivity index (χ1n) is 5.68. The van der Waals surface area contributed by atoms with E-state index in [0.29, 0.717) is 14.3 Å². The SMILES string of the molecule is CCCC(S)I(C)c1ccc(B(O)O)cc1C#N. The minimum absolute atomic E-state index is 0.358. The zero-order valence-electron chi connectivity index (χ0n) is 10.5. The van der Waals surface area contributed by atoms with Gasteiger partial charge in [0, 0.05) is 0 Å². The third-order valence-electron chi connectivity index (χ3n) is 2.63. The first-order chi connectivity index (χ1) is 8.51. The summed E-state index contributed by atoms with van der Waals surface area (Å²) in [6.07, 6.45) is 2.14. The van der Waals surface area contributed by atoms with Crippen molar-refractivity contribution in [2.45, 2.75) is 23.0 Å². The minimum atomic E-state index is -1.52. The molecular weight excluding hydrogens is 360 g/mol. The summed E-state index contributed by atoms with van der Waals surface area (Å²) in [6, 6.07) is 7.26. The molecule has 1 atom stereocenters.